The quantitative estimate of drug-likeness (QED) is 0.0473. The molecule has 0 saturated carbocycles. The zero-order valence-corrected chi connectivity index (χ0v) is 29.8. The van der Waals surface area contributed by atoms with Gasteiger partial charge in [0, 0.05) is 52.2 Å². The van der Waals surface area contributed by atoms with Crippen LogP contribution >= 0.6 is 0 Å². The number of pyridine rings is 2. The van der Waals surface area contributed by atoms with Crippen molar-refractivity contribution in [1.29, 1.82) is 0 Å². The standard InChI is InChI=1S/C19H14N2O2.C18H12N2O2.C2H3F3O3S.CH4.H2O/c1-21-6-4-12(5-7-21)17-10-15-8-13-2-3-16(20)9-14(13)11-18(15)23-19(17)22;19-15-2-1-12-7-14-9-16(11-3-5-20-6-4-11)18(21)22-17(14)10-13(12)8-15;1-8-9(6,7)2(3,4)5;;/h2-11,20H,1H3;1-10H,19H2;1H3;1H4;1H2/p+1. The van der Waals surface area contributed by atoms with Gasteiger partial charge in [-0.05, 0) is 99.9 Å². The minimum absolute atomic E-state index is 0. The molecule has 0 radical (unpaired) electrons. The van der Waals surface area contributed by atoms with Gasteiger partial charge in [-0.1, -0.05) is 19.6 Å². The summed E-state index contributed by atoms with van der Waals surface area (Å²) in [4.78, 5) is 28.5. The number of anilines is 2. The van der Waals surface area contributed by atoms with Crippen molar-refractivity contribution >= 4 is 65.0 Å². The van der Waals surface area contributed by atoms with Crippen LogP contribution < -0.4 is 27.3 Å². The number of halogens is 3. The Morgan fingerprint density at radius 3 is 1.46 bits per heavy atom. The van der Waals surface area contributed by atoms with Crippen molar-refractivity contribution in [2.45, 2.75) is 12.9 Å². The Morgan fingerprint density at radius 1 is 0.643 bits per heavy atom. The van der Waals surface area contributed by atoms with Gasteiger partial charge in [0.15, 0.2) is 12.4 Å². The van der Waals surface area contributed by atoms with Gasteiger partial charge in [0.1, 0.15) is 18.2 Å². The van der Waals surface area contributed by atoms with E-state index in [1.54, 1.807) is 24.5 Å². The van der Waals surface area contributed by atoms with Crippen molar-refractivity contribution in [3.05, 3.63) is 143 Å². The molecule has 290 valence electrons. The van der Waals surface area contributed by atoms with Crippen LogP contribution in [-0.2, 0) is 21.3 Å². The van der Waals surface area contributed by atoms with Gasteiger partial charge in [0.05, 0.1) is 18.2 Å². The number of rotatable bonds is 3. The molecule has 0 bridgehead atoms. The van der Waals surface area contributed by atoms with E-state index in [1.165, 1.54) is 0 Å². The molecular formula is C40H36F3N4O8S+. The summed E-state index contributed by atoms with van der Waals surface area (Å²) in [5.74, 6) is 0. The highest BCUT2D eigenvalue weighted by molar-refractivity contribution is 7.87. The Bertz CT molecular complexity index is 2900. The second-order valence-electron chi connectivity index (χ2n) is 11.9. The molecule has 0 atom stereocenters. The van der Waals surface area contributed by atoms with Crippen LogP contribution in [0.4, 0.5) is 24.5 Å². The summed E-state index contributed by atoms with van der Waals surface area (Å²) in [6, 6.07) is 30.2. The number of fused-ring (bicyclic) bond motifs is 4. The Hall–Kier alpha value is -6.62. The Kier molecular flexibility index (Phi) is 12.6. The van der Waals surface area contributed by atoms with Crippen molar-refractivity contribution in [3.8, 4) is 22.3 Å². The molecule has 8 aromatic rings. The SMILES string of the molecule is C.COS(=O)(=O)C(F)(F)F.C[n+]1ccc(-c2cc3cc4ccc(N)cc4cc3oc2=O)cc1.Nc1ccc2cc3cc(-c4ccncc4)c(=O)oc3cc2c1.O. The average molecular weight is 790 g/mol. The number of nitrogens with two attached hydrogens (primary N) is 2. The minimum Gasteiger partial charge on any atom is -0.422 e. The molecule has 12 nitrogen and oxygen atoms in total. The summed E-state index contributed by atoms with van der Waals surface area (Å²) in [5, 5.41) is 5.79. The van der Waals surface area contributed by atoms with E-state index in [9.17, 15) is 31.2 Å². The number of nitrogen functional groups attached to an aromatic ring is 2. The first-order chi connectivity index (χ1) is 25.6. The zero-order valence-electron chi connectivity index (χ0n) is 29.0. The number of aromatic nitrogens is 2. The molecule has 0 saturated heterocycles. The zero-order chi connectivity index (χ0) is 38.8. The van der Waals surface area contributed by atoms with Gasteiger partial charge in [0.2, 0.25) is 0 Å². The van der Waals surface area contributed by atoms with Crippen LogP contribution in [0.2, 0.25) is 0 Å². The first kappa shape index (κ1) is 42.1. The van der Waals surface area contributed by atoms with E-state index in [-0.39, 0.29) is 24.2 Å². The predicted octanol–water partition coefficient (Wildman–Crippen LogP) is 6.90. The molecule has 4 heterocycles. The molecule has 0 unspecified atom stereocenters. The molecule has 0 aliphatic heterocycles. The number of hydrogen-bond acceptors (Lipinski definition) is 10. The highest BCUT2D eigenvalue weighted by atomic mass is 32.2. The van der Waals surface area contributed by atoms with E-state index in [0.717, 1.165) is 43.4 Å². The van der Waals surface area contributed by atoms with E-state index in [1.807, 2.05) is 109 Å². The average Bonchev–Trinajstić information content (AvgIpc) is 3.13. The van der Waals surface area contributed by atoms with Gasteiger partial charge in [-0.2, -0.15) is 21.6 Å². The number of nitrogens with zero attached hydrogens (tertiary/aromatic N) is 2. The molecular weight excluding hydrogens is 754 g/mol. The molecule has 0 spiro atoms. The molecule has 0 amide bonds. The first-order valence-corrected chi connectivity index (χ1v) is 17.3. The van der Waals surface area contributed by atoms with Gasteiger partial charge >= 0.3 is 26.9 Å². The largest absolute Gasteiger partial charge is 0.523 e. The van der Waals surface area contributed by atoms with Crippen molar-refractivity contribution in [3.63, 3.8) is 0 Å². The van der Waals surface area contributed by atoms with Crippen LogP contribution in [0.1, 0.15) is 7.43 Å². The maximum atomic E-state index is 12.3. The van der Waals surface area contributed by atoms with Gasteiger partial charge in [-0.15, -0.1) is 0 Å². The lowest BCUT2D eigenvalue weighted by Gasteiger charge is -2.05. The van der Waals surface area contributed by atoms with Crippen molar-refractivity contribution in [2.24, 2.45) is 7.05 Å². The predicted molar refractivity (Wildman–Crippen MR) is 211 cm³/mol. The van der Waals surface area contributed by atoms with E-state index < -0.39 is 15.6 Å². The number of aryl methyl sites for hydroxylation is 1. The van der Waals surface area contributed by atoms with E-state index in [0.29, 0.717) is 40.8 Å². The molecule has 0 aliphatic carbocycles. The maximum Gasteiger partial charge on any atom is 0.523 e. The Morgan fingerprint density at radius 2 is 1.07 bits per heavy atom. The summed E-state index contributed by atoms with van der Waals surface area (Å²) < 4.78 is 68.8. The fourth-order valence-electron chi connectivity index (χ4n) is 5.48. The highest BCUT2D eigenvalue weighted by Crippen LogP contribution is 2.28. The molecule has 6 N–H and O–H groups in total. The Balaban J connectivity index is 0.000000200. The summed E-state index contributed by atoms with van der Waals surface area (Å²) >= 11 is 0. The van der Waals surface area contributed by atoms with Gasteiger partial charge in [-0.3, -0.25) is 9.17 Å². The second-order valence-corrected chi connectivity index (χ2v) is 13.6. The van der Waals surface area contributed by atoms with E-state index in [4.69, 9.17) is 20.3 Å². The number of alkyl halides is 3. The minimum atomic E-state index is -5.34. The van der Waals surface area contributed by atoms with Gasteiger partial charge in [-0.25, -0.2) is 14.2 Å². The van der Waals surface area contributed by atoms with Crippen LogP contribution in [0.5, 0.6) is 0 Å². The normalized spacial score (nSPS) is 11.2. The molecule has 0 aliphatic rings. The summed E-state index contributed by atoms with van der Waals surface area (Å²) in [5.41, 5.74) is 10.8. The van der Waals surface area contributed by atoms with E-state index >= 15 is 0 Å². The second kappa shape index (κ2) is 16.8. The molecule has 0 fully saturated rings. The lowest BCUT2D eigenvalue weighted by atomic mass is 10.0. The highest BCUT2D eigenvalue weighted by Gasteiger charge is 2.46. The molecule has 16 heteroatoms. The lowest BCUT2D eigenvalue weighted by Crippen LogP contribution is -2.25. The third-order valence-electron chi connectivity index (χ3n) is 8.21. The molecule has 56 heavy (non-hydrogen) atoms. The number of hydrogen-bond donors (Lipinski definition) is 2. The summed E-state index contributed by atoms with van der Waals surface area (Å²) in [7, 11) is -2.95. The van der Waals surface area contributed by atoms with Crippen molar-refractivity contribution in [1.82, 2.24) is 4.98 Å². The van der Waals surface area contributed by atoms with Crippen molar-refractivity contribution < 1.29 is 44.6 Å². The van der Waals surface area contributed by atoms with Crippen LogP contribution in [-0.4, -0.2) is 31.5 Å². The molecule has 4 aromatic heterocycles. The number of benzene rings is 4. The third kappa shape index (κ3) is 9.18. The summed E-state index contributed by atoms with van der Waals surface area (Å²) in [6.45, 7) is 0. The fourth-order valence-corrected chi connectivity index (χ4v) is 5.66. The van der Waals surface area contributed by atoms with Crippen LogP contribution in [0.25, 0.3) is 65.7 Å². The van der Waals surface area contributed by atoms with Gasteiger partial charge < -0.3 is 25.8 Å². The monoisotopic (exact) mass is 789 g/mol. The lowest BCUT2D eigenvalue weighted by molar-refractivity contribution is -0.671. The van der Waals surface area contributed by atoms with Crippen LogP contribution in [0, 0.1) is 0 Å². The Labute approximate surface area is 317 Å². The van der Waals surface area contributed by atoms with Crippen molar-refractivity contribution in [2.75, 3.05) is 18.6 Å². The smallest absolute Gasteiger partial charge is 0.422 e. The molecule has 4 aromatic carbocycles. The van der Waals surface area contributed by atoms with Crippen LogP contribution in [0.3, 0.4) is 0 Å². The maximum absolute atomic E-state index is 12.3. The molecule has 8 rings (SSSR count). The van der Waals surface area contributed by atoms with Crippen LogP contribution in [0.15, 0.2) is 140 Å². The third-order valence-corrected chi connectivity index (χ3v) is 9.22. The fraction of sp³-hybridized carbons (Fsp3) is 0.100. The van der Waals surface area contributed by atoms with Gasteiger partial charge in [0.25, 0.3) is 0 Å². The summed E-state index contributed by atoms with van der Waals surface area (Å²) in [6.07, 6.45) is 7.12. The van der Waals surface area contributed by atoms with E-state index in [2.05, 4.69) is 9.17 Å². The first-order valence-electron chi connectivity index (χ1n) is 15.9. The topological polar surface area (TPSA) is 204 Å².